The molecule has 2 aromatic rings. The highest BCUT2D eigenvalue weighted by Gasteiger charge is 2.54. The van der Waals surface area contributed by atoms with Gasteiger partial charge in [0, 0.05) is 53.7 Å². The Bertz CT molecular complexity index is 1680. The van der Waals surface area contributed by atoms with E-state index < -0.39 is 10.8 Å². The van der Waals surface area contributed by atoms with Gasteiger partial charge < -0.3 is 10.2 Å². The molecule has 0 saturated carbocycles. The lowest BCUT2D eigenvalue weighted by Gasteiger charge is -2.53. The van der Waals surface area contributed by atoms with E-state index in [9.17, 15) is 14.9 Å². The standard InChI is InChI=1S/C18H22N4O.C13H18N2O.C5H5ClN2.2ClH/c1-12-20-7-5-15(21-12)22-8-6-14-17(2,3)16(23)13(10-19)9-18(14,4)11-22;1-12(2)10-4-5-15-8-13(10,3)6-9(7-14)11(12)16;1-4-7-3-2-5(6)8-4;;/h5,7,9,14H,6,8,11H2,1-4H3;6,10,15H,4-5,8H2,1-3H3;2-3H,1H3;2*1H/t14-,18+;10-,13+;;;/m11.../s1. The van der Waals surface area contributed by atoms with Crippen molar-refractivity contribution in [1.82, 2.24) is 25.3 Å². The number of fused-ring (bicyclic) bond motifs is 2. The number of rotatable bonds is 1. The summed E-state index contributed by atoms with van der Waals surface area (Å²) < 4.78 is 0. The van der Waals surface area contributed by atoms with Crippen LogP contribution >= 0.6 is 36.4 Å². The summed E-state index contributed by atoms with van der Waals surface area (Å²) >= 11 is 5.49. The number of nitriles is 2. The van der Waals surface area contributed by atoms with Gasteiger partial charge in [-0.2, -0.15) is 10.5 Å². The van der Waals surface area contributed by atoms with Crippen molar-refractivity contribution in [3.8, 4) is 12.1 Å². The number of aromatic nitrogens is 4. The lowest BCUT2D eigenvalue weighted by Crippen LogP contribution is -2.56. The number of ketones is 2. The van der Waals surface area contributed by atoms with Crippen molar-refractivity contribution in [2.24, 2.45) is 33.5 Å². The van der Waals surface area contributed by atoms with Gasteiger partial charge in [-0.3, -0.25) is 9.59 Å². The first-order valence-electron chi connectivity index (χ1n) is 16.0. The highest BCUT2D eigenvalue weighted by molar-refractivity contribution is 6.29. The lowest BCUT2D eigenvalue weighted by atomic mass is 9.55. The van der Waals surface area contributed by atoms with E-state index in [1.54, 1.807) is 25.4 Å². The molecule has 264 valence electrons. The quantitative estimate of drug-likeness (QED) is 0.318. The number of hydrogen-bond acceptors (Lipinski definition) is 10. The number of aryl methyl sites for hydroxylation is 2. The SMILES string of the molecule is CC1(C)C(=O)C(C#N)=C[C@@]2(C)CNCC[C@H]12.Cc1nccc(Cl)n1.Cc1nccc(N2CC[C@@H]3C(C)(C)C(=O)C(C#N)=C[C@@]3(C)C2)n1.Cl.Cl. The van der Waals surface area contributed by atoms with Crippen LogP contribution in [0.1, 0.15) is 66.0 Å². The molecule has 0 unspecified atom stereocenters. The molecule has 0 radical (unpaired) electrons. The van der Waals surface area contributed by atoms with Crippen molar-refractivity contribution in [3.63, 3.8) is 0 Å². The zero-order chi connectivity index (χ0) is 34.8. The monoisotopic (exact) mass is 728 g/mol. The van der Waals surface area contributed by atoms with Crippen LogP contribution in [0.5, 0.6) is 0 Å². The van der Waals surface area contributed by atoms with Crippen molar-refractivity contribution < 1.29 is 9.59 Å². The van der Waals surface area contributed by atoms with Crippen LogP contribution in [0.3, 0.4) is 0 Å². The Morgan fingerprint density at radius 1 is 0.816 bits per heavy atom. The summed E-state index contributed by atoms with van der Waals surface area (Å²) in [4.78, 5) is 43.3. The number of carbonyl (C=O) groups excluding carboxylic acids is 2. The van der Waals surface area contributed by atoms with E-state index in [1.165, 1.54) is 0 Å². The summed E-state index contributed by atoms with van der Waals surface area (Å²) in [5, 5.41) is 22.2. The van der Waals surface area contributed by atoms with Crippen molar-refractivity contribution in [1.29, 1.82) is 10.5 Å². The van der Waals surface area contributed by atoms with Crippen LogP contribution in [0.15, 0.2) is 47.8 Å². The molecule has 4 heterocycles. The normalized spacial score (nSPS) is 27.5. The summed E-state index contributed by atoms with van der Waals surface area (Å²) in [6.07, 6.45) is 9.10. The second-order valence-electron chi connectivity index (χ2n) is 14.6. The van der Waals surface area contributed by atoms with E-state index in [-0.39, 0.29) is 53.1 Å². The van der Waals surface area contributed by atoms with Crippen molar-refractivity contribution in [2.45, 2.75) is 68.2 Å². The second-order valence-corrected chi connectivity index (χ2v) is 15.0. The number of nitrogens with zero attached hydrogens (tertiary/aromatic N) is 7. The molecule has 2 saturated heterocycles. The molecule has 0 amide bonds. The fourth-order valence-electron chi connectivity index (χ4n) is 8.15. The van der Waals surface area contributed by atoms with Crippen LogP contribution < -0.4 is 10.2 Å². The maximum Gasteiger partial charge on any atom is 0.178 e. The molecule has 0 aromatic carbocycles. The third-order valence-corrected chi connectivity index (χ3v) is 10.6. The molecule has 2 aliphatic carbocycles. The average Bonchev–Trinajstić information content (AvgIpc) is 3.01. The molecular formula is C36H47Cl3N8O2. The van der Waals surface area contributed by atoms with Gasteiger partial charge in [-0.05, 0) is 57.2 Å². The first-order chi connectivity index (χ1) is 22.0. The first-order valence-corrected chi connectivity index (χ1v) is 16.4. The van der Waals surface area contributed by atoms with Gasteiger partial charge in [0.05, 0.1) is 11.1 Å². The third kappa shape index (κ3) is 8.67. The molecule has 1 N–H and O–H groups in total. The summed E-state index contributed by atoms with van der Waals surface area (Å²) in [5.41, 5.74) is -0.527. The molecule has 13 heteroatoms. The largest absolute Gasteiger partial charge is 0.356 e. The summed E-state index contributed by atoms with van der Waals surface area (Å²) in [5.74, 6) is 2.94. The number of piperidine rings is 2. The Morgan fingerprint density at radius 2 is 1.33 bits per heavy atom. The molecule has 0 bridgehead atoms. The lowest BCUT2D eigenvalue weighted by molar-refractivity contribution is -0.130. The Balaban J connectivity index is 0.000000279. The first kappa shape index (κ1) is 41.8. The number of halogens is 3. The van der Waals surface area contributed by atoms with Crippen LogP contribution in [-0.2, 0) is 9.59 Å². The van der Waals surface area contributed by atoms with Crippen LogP contribution in [0.2, 0.25) is 5.15 Å². The highest BCUT2D eigenvalue weighted by Crippen LogP contribution is 2.52. The second kappa shape index (κ2) is 16.1. The van der Waals surface area contributed by atoms with Gasteiger partial charge in [0.1, 0.15) is 34.8 Å². The van der Waals surface area contributed by atoms with Gasteiger partial charge in [0.25, 0.3) is 0 Å². The number of Topliss-reactive ketones (excluding diaryl/α,β-unsaturated/α-hetero) is 2. The van der Waals surface area contributed by atoms with E-state index in [0.29, 0.717) is 28.0 Å². The fourth-order valence-corrected chi connectivity index (χ4v) is 8.33. The molecule has 4 atom stereocenters. The summed E-state index contributed by atoms with van der Waals surface area (Å²) in [7, 11) is 0. The number of allylic oxidation sites excluding steroid dienone is 2. The summed E-state index contributed by atoms with van der Waals surface area (Å²) in [6, 6.07) is 7.72. The van der Waals surface area contributed by atoms with Crippen LogP contribution in [0, 0.1) is 70.0 Å². The zero-order valence-electron chi connectivity index (χ0n) is 29.5. The maximum absolute atomic E-state index is 12.5. The molecule has 6 rings (SSSR count). The van der Waals surface area contributed by atoms with Crippen molar-refractivity contribution in [3.05, 3.63) is 64.6 Å². The average molecular weight is 730 g/mol. The topological polar surface area (TPSA) is 149 Å². The number of carbonyl (C=O) groups is 2. The minimum Gasteiger partial charge on any atom is -0.356 e. The minimum absolute atomic E-state index is 0. The van der Waals surface area contributed by atoms with Crippen molar-refractivity contribution in [2.75, 3.05) is 31.1 Å². The number of hydrogen-bond donors (Lipinski definition) is 1. The van der Waals surface area contributed by atoms with E-state index >= 15 is 0 Å². The molecule has 0 spiro atoms. The molecular weight excluding hydrogens is 683 g/mol. The van der Waals surface area contributed by atoms with E-state index in [1.807, 2.05) is 52.8 Å². The zero-order valence-corrected chi connectivity index (χ0v) is 31.9. The van der Waals surface area contributed by atoms with Gasteiger partial charge >= 0.3 is 0 Å². The van der Waals surface area contributed by atoms with Gasteiger partial charge in [-0.25, -0.2) is 19.9 Å². The van der Waals surface area contributed by atoms with Gasteiger partial charge in [0.15, 0.2) is 11.6 Å². The molecule has 10 nitrogen and oxygen atoms in total. The van der Waals surface area contributed by atoms with Gasteiger partial charge in [0.2, 0.25) is 0 Å². The predicted octanol–water partition coefficient (Wildman–Crippen LogP) is 6.62. The molecule has 49 heavy (non-hydrogen) atoms. The third-order valence-electron chi connectivity index (χ3n) is 10.3. The number of anilines is 1. The van der Waals surface area contributed by atoms with Gasteiger partial charge in [-0.15, -0.1) is 24.8 Å². The Morgan fingerprint density at radius 3 is 1.82 bits per heavy atom. The van der Waals surface area contributed by atoms with E-state index in [0.717, 1.165) is 50.7 Å². The summed E-state index contributed by atoms with van der Waals surface area (Å²) in [6.45, 7) is 19.4. The molecule has 4 aliphatic rings. The van der Waals surface area contributed by atoms with E-state index in [4.69, 9.17) is 16.9 Å². The predicted molar refractivity (Wildman–Crippen MR) is 196 cm³/mol. The minimum atomic E-state index is -0.498. The highest BCUT2D eigenvalue weighted by atomic mass is 35.5. The van der Waals surface area contributed by atoms with Crippen LogP contribution in [0.4, 0.5) is 5.82 Å². The van der Waals surface area contributed by atoms with Crippen LogP contribution in [-0.4, -0.2) is 57.7 Å². The van der Waals surface area contributed by atoms with Crippen molar-refractivity contribution >= 4 is 53.8 Å². The Kier molecular flexibility index (Phi) is 13.7. The molecule has 2 aromatic heterocycles. The number of nitrogens with one attached hydrogen (secondary N) is 1. The molecule has 2 aliphatic heterocycles. The molecule has 2 fully saturated rings. The van der Waals surface area contributed by atoms with Gasteiger partial charge in [-0.1, -0.05) is 65.3 Å². The Hall–Kier alpha value is -3.41. The smallest absolute Gasteiger partial charge is 0.178 e. The Labute approximate surface area is 307 Å². The van der Waals surface area contributed by atoms with E-state index in [2.05, 4.69) is 56.1 Å². The fraction of sp³-hybridized carbons (Fsp3) is 0.556. The van der Waals surface area contributed by atoms with Crippen LogP contribution in [0.25, 0.3) is 0 Å². The maximum atomic E-state index is 12.5.